The van der Waals surface area contributed by atoms with E-state index in [2.05, 4.69) is 10.2 Å². The maximum Gasteiger partial charge on any atom is 0.332 e. The zero-order valence-electron chi connectivity index (χ0n) is 18.3. The van der Waals surface area contributed by atoms with Gasteiger partial charge in [0.1, 0.15) is 11.6 Å². The van der Waals surface area contributed by atoms with Gasteiger partial charge >= 0.3 is 5.69 Å². The zero-order valence-corrected chi connectivity index (χ0v) is 18.3. The Labute approximate surface area is 186 Å². The number of fused-ring (bicyclic) bond motifs is 3. The number of benzene rings is 2. The fourth-order valence-corrected chi connectivity index (χ4v) is 4.05. The summed E-state index contributed by atoms with van der Waals surface area (Å²) in [7, 11) is 3.00. The van der Waals surface area contributed by atoms with Crippen molar-refractivity contribution in [2.24, 2.45) is 14.1 Å². The quantitative estimate of drug-likeness (QED) is 0.412. The van der Waals surface area contributed by atoms with Crippen molar-refractivity contribution in [2.75, 3.05) is 6.61 Å². The predicted octanol–water partition coefficient (Wildman–Crippen LogP) is 2.33. The highest BCUT2D eigenvalue weighted by Crippen LogP contribution is 2.26. The molecule has 5 rings (SSSR count). The van der Waals surface area contributed by atoms with E-state index in [1.54, 1.807) is 34.2 Å². The van der Waals surface area contributed by atoms with Crippen LogP contribution in [0.5, 0.6) is 5.75 Å². The maximum atomic E-state index is 14.5. The molecule has 9 nitrogen and oxygen atoms in total. The average molecular weight is 448 g/mol. The highest BCUT2D eigenvalue weighted by Gasteiger charge is 2.24. The summed E-state index contributed by atoms with van der Waals surface area (Å²) in [4.78, 5) is 25.9. The molecule has 33 heavy (non-hydrogen) atoms. The van der Waals surface area contributed by atoms with Crippen LogP contribution >= 0.6 is 0 Å². The van der Waals surface area contributed by atoms with Gasteiger partial charge in [0.05, 0.1) is 13.2 Å². The van der Waals surface area contributed by atoms with E-state index >= 15 is 0 Å². The average Bonchev–Trinajstić information content (AvgIpc) is 3.37. The largest absolute Gasteiger partial charge is 0.494 e. The lowest BCUT2D eigenvalue weighted by molar-refractivity contribution is 0.340. The second-order valence-electron chi connectivity index (χ2n) is 7.67. The molecule has 0 N–H and O–H groups in total. The van der Waals surface area contributed by atoms with Crippen LogP contribution in [-0.4, -0.2) is 34.9 Å². The first-order valence-corrected chi connectivity index (χ1v) is 10.4. The summed E-state index contributed by atoms with van der Waals surface area (Å²) in [5.74, 6) is 1.10. The van der Waals surface area contributed by atoms with Crippen LogP contribution in [0.25, 0.3) is 28.3 Å². The van der Waals surface area contributed by atoms with Crippen LogP contribution < -0.4 is 16.0 Å². The minimum atomic E-state index is -0.493. The number of imidazole rings is 1. The molecule has 0 saturated heterocycles. The van der Waals surface area contributed by atoms with Gasteiger partial charge in [-0.1, -0.05) is 18.2 Å². The Hall–Kier alpha value is -4.21. The first kappa shape index (κ1) is 20.7. The molecule has 0 fully saturated rings. The van der Waals surface area contributed by atoms with Crippen molar-refractivity contribution in [3.8, 4) is 17.1 Å². The Bertz CT molecular complexity index is 1630. The smallest absolute Gasteiger partial charge is 0.332 e. The summed E-state index contributed by atoms with van der Waals surface area (Å²) in [5.41, 5.74) is 0.710. The minimum Gasteiger partial charge on any atom is -0.494 e. The van der Waals surface area contributed by atoms with E-state index in [0.717, 1.165) is 10.1 Å². The molecule has 0 aliphatic carbocycles. The van der Waals surface area contributed by atoms with E-state index in [4.69, 9.17) is 4.74 Å². The minimum absolute atomic E-state index is 0.0501. The first-order chi connectivity index (χ1) is 15.9. The second kappa shape index (κ2) is 7.73. The molecular formula is C23H21FN6O3. The summed E-state index contributed by atoms with van der Waals surface area (Å²) in [6.45, 7) is 2.50. The molecule has 0 spiro atoms. The third-order valence-corrected chi connectivity index (χ3v) is 5.69. The van der Waals surface area contributed by atoms with Crippen molar-refractivity contribution in [1.29, 1.82) is 0 Å². The van der Waals surface area contributed by atoms with E-state index in [-0.39, 0.29) is 12.1 Å². The number of halogens is 1. The highest BCUT2D eigenvalue weighted by molar-refractivity contribution is 5.80. The normalized spacial score (nSPS) is 11.5. The third kappa shape index (κ3) is 3.13. The van der Waals surface area contributed by atoms with Crippen LogP contribution in [-0.2, 0) is 20.6 Å². The fourth-order valence-electron chi connectivity index (χ4n) is 4.05. The van der Waals surface area contributed by atoms with E-state index in [0.29, 0.717) is 35.2 Å². The van der Waals surface area contributed by atoms with Gasteiger partial charge in [-0.2, -0.15) is 0 Å². The molecule has 0 radical (unpaired) electrons. The molecule has 0 bridgehead atoms. The number of ether oxygens (including phenoxy) is 1. The molecule has 2 aromatic carbocycles. The van der Waals surface area contributed by atoms with Gasteiger partial charge in [-0.05, 0) is 37.3 Å². The number of hydrogen-bond donors (Lipinski definition) is 0. The molecular weight excluding hydrogens is 427 g/mol. The maximum absolute atomic E-state index is 14.5. The molecule has 0 unspecified atom stereocenters. The van der Waals surface area contributed by atoms with Crippen molar-refractivity contribution < 1.29 is 9.13 Å². The molecule has 168 valence electrons. The Morgan fingerprint density at radius 1 is 0.970 bits per heavy atom. The van der Waals surface area contributed by atoms with Gasteiger partial charge in [0.15, 0.2) is 17.0 Å². The standard InChI is InChI=1S/C23H21FN6O3/c1-4-33-16-11-9-14(10-12-16)19-25-26-22-29(13-15-7-5-6-8-17(15)24)18-20(30(19)22)27(2)23(32)28(3)21(18)31/h5-12H,4,13H2,1-3H3. The van der Waals surface area contributed by atoms with Crippen molar-refractivity contribution in [3.63, 3.8) is 0 Å². The molecule has 0 amide bonds. The fraction of sp³-hybridized carbons (Fsp3) is 0.217. The monoisotopic (exact) mass is 448 g/mol. The molecule has 0 saturated carbocycles. The zero-order chi connectivity index (χ0) is 23.3. The van der Waals surface area contributed by atoms with Crippen molar-refractivity contribution in [2.45, 2.75) is 13.5 Å². The molecule has 5 aromatic rings. The number of aromatic nitrogens is 6. The molecule has 3 heterocycles. The van der Waals surface area contributed by atoms with E-state index < -0.39 is 17.1 Å². The lowest BCUT2D eigenvalue weighted by Crippen LogP contribution is -2.37. The number of rotatable bonds is 5. The SMILES string of the molecule is CCOc1ccc(-c2nnc3n(Cc4ccccc4F)c4c(=O)n(C)c(=O)n(C)c4n23)cc1. The number of aryl methyl sites for hydroxylation is 1. The van der Waals surface area contributed by atoms with Crippen molar-refractivity contribution in [1.82, 2.24) is 28.3 Å². The lowest BCUT2D eigenvalue weighted by Gasteiger charge is -2.08. The van der Waals surface area contributed by atoms with Gasteiger partial charge in [-0.15, -0.1) is 10.2 Å². The number of hydrogen-bond acceptors (Lipinski definition) is 5. The van der Waals surface area contributed by atoms with Crippen LogP contribution in [0, 0.1) is 5.82 Å². The second-order valence-corrected chi connectivity index (χ2v) is 7.67. The molecule has 0 aliphatic rings. The van der Waals surface area contributed by atoms with E-state index in [1.807, 2.05) is 31.2 Å². The highest BCUT2D eigenvalue weighted by atomic mass is 19.1. The topological polar surface area (TPSA) is 88.3 Å². The first-order valence-electron chi connectivity index (χ1n) is 10.4. The predicted molar refractivity (Wildman–Crippen MR) is 121 cm³/mol. The van der Waals surface area contributed by atoms with Gasteiger partial charge in [-0.25, -0.2) is 13.6 Å². The van der Waals surface area contributed by atoms with Crippen LogP contribution in [0.1, 0.15) is 12.5 Å². The Morgan fingerprint density at radius 3 is 2.39 bits per heavy atom. The Kier molecular flexibility index (Phi) is 4.85. The Balaban J connectivity index is 1.84. The summed E-state index contributed by atoms with van der Waals surface area (Å²) in [6, 6.07) is 13.6. The van der Waals surface area contributed by atoms with Gasteiger partial charge in [0.25, 0.3) is 5.56 Å². The molecule has 0 aliphatic heterocycles. The van der Waals surface area contributed by atoms with Gasteiger partial charge in [0.2, 0.25) is 5.78 Å². The van der Waals surface area contributed by atoms with Crippen molar-refractivity contribution >= 4 is 16.9 Å². The van der Waals surface area contributed by atoms with E-state index in [9.17, 15) is 14.0 Å². The van der Waals surface area contributed by atoms with Crippen LogP contribution in [0.4, 0.5) is 4.39 Å². The number of nitrogens with zero attached hydrogens (tertiary/aromatic N) is 6. The summed E-state index contributed by atoms with van der Waals surface area (Å²) < 4.78 is 25.6. The lowest BCUT2D eigenvalue weighted by atomic mass is 10.2. The van der Waals surface area contributed by atoms with Crippen LogP contribution in [0.15, 0.2) is 58.1 Å². The van der Waals surface area contributed by atoms with Crippen molar-refractivity contribution in [3.05, 3.63) is 80.7 Å². The van der Waals surface area contributed by atoms with Crippen LogP contribution in [0.2, 0.25) is 0 Å². The molecule has 3 aromatic heterocycles. The molecule has 10 heteroatoms. The summed E-state index contributed by atoms with van der Waals surface area (Å²) in [6.07, 6.45) is 0. The third-order valence-electron chi connectivity index (χ3n) is 5.69. The molecule has 0 atom stereocenters. The van der Waals surface area contributed by atoms with Gasteiger partial charge in [-0.3, -0.25) is 18.5 Å². The van der Waals surface area contributed by atoms with Crippen LogP contribution in [0.3, 0.4) is 0 Å². The van der Waals surface area contributed by atoms with Gasteiger partial charge in [0, 0.05) is 25.2 Å². The van der Waals surface area contributed by atoms with E-state index in [1.165, 1.54) is 17.7 Å². The summed E-state index contributed by atoms with van der Waals surface area (Å²) >= 11 is 0. The summed E-state index contributed by atoms with van der Waals surface area (Å²) in [5, 5.41) is 8.65. The Morgan fingerprint density at radius 2 is 1.70 bits per heavy atom. The van der Waals surface area contributed by atoms with Gasteiger partial charge < -0.3 is 4.74 Å².